The number of nitrogens with one attached hydrogen (secondary N) is 2. The summed E-state index contributed by atoms with van der Waals surface area (Å²) < 4.78 is 1.66. The zero-order valence-electron chi connectivity index (χ0n) is 13.8. The molecule has 1 unspecified atom stereocenters. The molecule has 124 valence electrons. The number of urea groups is 1. The second-order valence-electron chi connectivity index (χ2n) is 6.04. The van der Waals surface area contributed by atoms with E-state index in [1.807, 2.05) is 37.4 Å². The molecule has 0 saturated carbocycles. The third kappa shape index (κ3) is 4.82. The average molecular weight is 316 g/mol. The van der Waals surface area contributed by atoms with Gasteiger partial charge in [0.05, 0.1) is 18.3 Å². The molecule has 1 heterocycles. The van der Waals surface area contributed by atoms with Crippen molar-refractivity contribution in [3.63, 3.8) is 0 Å². The van der Waals surface area contributed by atoms with Crippen molar-refractivity contribution in [3.05, 3.63) is 36.5 Å². The van der Waals surface area contributed by atoms with Gasteiger partial charge in [0, 0.05) is 18.8 Å². The highest BCUT2D eigenvalue weighted by atomic mass is 16.3. The normalized spacial score (nSPS) is 12.2. The van der Waals surface area contributed by atoms with Crippen LogP contribution in [-0.2, 0) is 7.05 Å². The highest BCUT2D eigenvalue weighted by molar-refractivity contribution is 5.93. The van der Waals surface area contributed by atoms with E-state index in [4.69, 9.17) is 0 Å². The lowest BCUT2D eigenvalue weighted by molar-refractivity contribution is 0.214. The molecule has 2 rings (SSSR count). The van der Waals surface area contributed by atoms with Crippen molar-refractivity contribution in [2.24, 2.45) is 13.0 Å². The van der Waals surface area contributed by atoms with Crippen LogP contribution in [0.2, 0.25) is 0 Å². The van der Waals surface area contributed by atoms with Gasteiger partial charge in [0.1, 0.15) is 5.69 Å². The molecule has 0 aliphatic rings. The molecule has 23 heavy (non-hydrogen) atoms. The van der Waals surface area contributed by atoms with Gasteiger partial charge in [-0.2, -0.15) is 5.10 Å². The topological polar surface area (TPSA) is 79.2 Å². The maximum absolute atomic E-state index is 12.2. The number of aryl methyl sites for hydroxylation is 1. The summed E-state index contributed by atoms with van der Waals surface area (Å²) in [6.45, 7) is 4.03. The largest absolute Gasteiger partial charge is 0.394 e. The first kappa shape index (κ1) is 17.0. The molecule has 0 saturated heterocycles. The van der Waals surface area contributed by atoms with Gasteiger partial charge in [-0.1, -0.05) is 44.2 Å². The number of rotatable bonds is 6. The summed E-state index contributed by atoms with van der Waals surface area (Å²) in [6, 6.07) is 9.09. The summed E-state index contributed by atoms with van der Waals surface area (Å²) >= 11 is 0. The van der Waals surface area contributed by atoms with Crippen molar-refractivity contribution in [2.45, 2.75) is 26.3 Å². The fourth-order valence-electron chi connectivity index (χ4n) is 2.48. The van der Waals surface area contributed by atoms with Crippen LogP contribution < -0.4 is 10.6 Å². The molecular weight excluding hydrogens is 292 g/mol. The third-order valence-corrected chi connectivity index (χ3v) is 3.44. The smallest absolute Gasteiger partial charge is 0.319 e. The van der Waals surface area contributed by atoms with E-state index in [0.717, 1.165) is 12.0 Å². The van der Waals surface area contributed by atoms with E-state index in [1.165, 1.54) is 0 Å². The number of amides is 2. The number of aromatic nitrogens is 2. The fourth-order valence-corrected chi connectivity index (χ4v) is 2.48. The molecule has 2 amide bonds. The van der Waals surface area contributed by atoms with Crippen LogP contribution in [0.5, 0.6) is 0 Å². The Balaban J connectivity index is 2.10. The highest BCUT2D eigenvalue weighted by Crippen LogP contribution is 2.25. The molecule has 0 aliphatic carbocycles. The Morgan fingerprint density at radius 1 is 1.30 bits per heavy atom. The number of carbonyl (C=O) groups is 1. The monoisotopic (exact) mass is 316 g/mol. The molecule has 0 fully saturated rings. The average Bonchev–Trinajstić information content (AvgIpc) is 2.87. The lowest BCUT2D eigenvalue weighted by Crippen LogP contribution is -2.41. The first-order valence-electron chi connectivity index (χ1n) is 7.77. The Morgan fingerprint density at radius 2 is 2.00 bits per heavy atom. The molecule has 0 bridgehead atoms. The summed E-state index contributed by atoms with van der Waals surface area (Å²) in [5.41, 5.74) is 2.29. The van der Waals surface area contributed by atoms with E-state index < -0.39 is 0 Å². The zero-order chi connectivity index (χ0) is 16.8. The summed E-state index contributed by atoms with van der Waals surface area (Å²) in [4.78, 5) is 12.2. The standard InChI is InChI=1S/C17H24N4O2/c1-12(2)9-14(11-22)18-17(23)19-15-10-21(3)20-16(15)13-7-5-4-6-8-13/h4-8,10,12,14,22H,9,11H2,1-3H3,(H2,18,19,23). The fraction of sp³-hybridized carbons (Fsp3) is 0.412. The van der Waals surface area contributed by atoms with Crippen molar-refractivity contribution < 1.29 is 9.90 Å². The van der Waals surface area contributed by atoms with Crippen LogP contribution in [-0.4, -0.2) is 33.6 Å². The number of aliphatic hydroxyl groups excluding tert-OH is 1. The van der Waals surface area contributed by atoms with Crippen LogP contribution in [0.15, 0.2) is 36.5 Å². The van der Waals surface area contributed by atoms with Crippen LogP contribution in [0.1, 0.15) is 20.3 Å². The lowest BCUT2D eigenvalue weighted by Gasteiger charge is -2.18. The Labute approximate surface area is 136 Å². The predicted molar refractivity (Wildman–Crippen MR) is 91.1 cm³/mol. The van der Waals surface area contributed by atoms with Gasteiger partial charge in [-0.15, -0.1) is 0 Å². The molecule has 6 heteroatoms. The molecule has 2 aromatic rings. The number of anilines is 1. The number of benzene rings is 1. The quantitative estimate of drug-likeness (QED) is 0.766. The minimum Gasteiger partial charge on any atom is -0.394 e. The summed E-state index contributed by atoms with van der Waals surface area (Å²) in [5, 5.41) is 19.4. The van der Waals surface area contributed by atoms with Crippen LogP contribution in [0, 0.1) is 5.92 Å². The van der Waals surface area contributed by atoms with Gasteiger partial charge in [0.15, 0.2) is 0 Å². The molecule has 1 aromatic heterocycles. The van der Waals surface area contributed by atoms with Gasteiger partial charge < -0.3 is 15.7 Å². The Hall–Kier alpha value is -2.34. The summed E-state index contributed by atoms with van der Waals surface area (Å²) in [6.07, 6.45) is 2.49. The second-order valence-corrected chi connectivity index (χ2v) is 6.04. The minimum absolute atomic E-state index is 0.0792. The molecule has 1 atom stereocenters. The van der Waals surface area contributed by atoms with Crippen molar-refractivity contribution in [1.82, 2.24) is 15.1 Å². The van der Waals surface area contributed by atoms with E-state index in [0.29, 0.717) is 17.3 Å². The highest BCUT2D eigenvalue weighted by Gasteiger charge is 2.16. The van der Waals surface area contributed by atoms with Crippen LogP contribution in [0.4, 0.5) is 10.5 Å². The first-order valence-corrected chi connectivity index (χ1v) is 7.77. The number of nitrogens with zero attached hydrogens (tertiary/aromatic N) is 2. The van der Waals surface area contributed by atoms with Gasteiger partial charge in [0.25, 0.3) is 0 Å². The Kier molecular flexibility index (Phi) is 5.76. The lowest BCUT2D eigenvalue weighted by atomic mass is 10.0. The molecule has 3 N–H and O–H groups in total. The molecule has 6 nitrogen and oxygen atoms in total. The van der Waals surface area contributed by atoms with Gasteiger partial charge >= 0.3 is 6.03 Å². The first-order chi connectivity index (χ1) is 11.0. The molecule has 1 aromatic carbocycles. The molecule has 0 aliphatic heterocycles. The summed E-state index contributed by atoms with van der Waals surface area (Å²) in [7, 11) is 1.81. The Bertz CT molecular complexity index is 637. The van der Waals surface area contributed by atoms with Gasteiger partial charge in [-0.25, -0.2) is 4.79 Å². The van der Waals surface area contributed by atoms with E-state index >= 15 is 0 Å². The minimum atomic E-state index is -0.338. The number of hydrogen-bond acceptors (Lipinski definition) is 3. The molecular formula is C17H24N4O2. The van der Waals surface area contributed by atoms with Crippen LogP contribution in [0.25, 0.3) is 11.3 Å². The van der Waals surface area contributed by atoms with Crippen molar-refractivity contribution >= 4 is 11.7 Å². The molecule has 0 radical (unpaired) electrons. The maximum atomic E-state index is 12.2. The van der Waals surface area contributed by atoms with Gasteiger partial charge in [-0.3, -0.25) is 4.68 Å². The van der Waals surface area contributed by atoms with E-state index in [2.05, 4.69) is 29.6 Å². The van der Waals surface area contributed by atoms with Gasteiger partial charge in [0.2, 0.25) is 0 Å². The van der Waals surface area contributed by atoms with Gasteiger partial charge in [-0.05, 0) is 12.3 Å². The second kappa shape index (κ2) is 7.78. The SMILES string of the molecule is CC(C)CC(CO)NC(=O)Nc1cn(C)nc1-c1ccccc1. The number of carbonyl (C=O) groups excluding carboxylic acids is 1. The Morgan fingerprint density at radius 3 is 2.61 bits per heavy atom. The summed E-state index contributed by atoms with van der Waals surface area (Å²) in [5.74, 6) is 0.394. The maximum Gasteiger partial charge on any atom is 0.319 e. The molecule has 0 spiro atoms. The van der Waals surface area contributed by atoms with E-state index in [9.17, 15) is 9.90 Å². The van der Waals surface area contributed by atoms with Crippen LogP contribution >= 0.6 is 0 Å². The van der Waals surface area contributed by atoms with E-state index in [1.54, 1.807) is 10.9 Å². The van der Waals surface area contributed by atoms with E-state index in [-0.39, 0.29) is 18.7 Å². The zero-order valence-corrected chi connectivity index (χ0v) is 13.8. The number of hydrogen-bond donors (Lipinski definition) is 3. The third-order valence-electron chi connectivity index (χ3n) is 3.44. The predicted octanol–water partition coefficient (Wildman–Crippen LogP) is 2.62. The number of aliphatic hydroxyl groups is 1. The van der Waals surface area contributed by atoms with Crippen molar-refractivity contribution in [3.8, 4) is 11.3 Å². The van der Waals surface area contributed by atoms with Crippen molar-refractivity contribution in [1.29, 1.82) is 0 Å². The van der Waals surface area contributed by atoms with Crippen LogP contribution in [0.3, 0.4) is 0 Å². The van der Waals surface area contributed by atoms with Crippen molar-refractivity contribution in [2.75, 3.05) is 11.9 Å².